The van der Waals surface area contributed by atoms with E-state index >= 15 is 0 Å². The SMILES string of the molecule is CCNC(=O)c1noc(-c2cc(C(C)C)c(O)cc2O)c1-c1ccn(C(C)C)n1. The summed E-state index contributed by atoms with van der Waals surface area (Å²) in [7, 11) is 0. The van der Waals surface area contributed by atoms with Gasteiger partial charge < -0.3 is 20.1 Å². The van der Waals surface area contributed by atoms with Crippen LogP contribution in [0.4, 0.5) is 0 Å². The van der Waals surface area contributed by atoms with Crippen LogP contribution in [0.25, 0.3) is 22.6 Å². The molecule has 0 bridgehead atoms. The first kappa shape index (κ1) is 20.4. The molecule has 0 aliphatic carbocycles. The number of carbonyl (C=O) groups is 1. The van der Waals surface area contributed by atoms with Gasteiger partial charge in [-0.25, -0.2) is 0 Å². The monoisotopic (exact) mass is 398 g/mol. The number of aromatic nitrogens is 3. The minimum Gasteiger partial charge on any atom is -0.508 e. The number of phenols is 2. The first-order valence-electron chi connectivity index (χ1n) is 9.64. The normalized spacial score (nSPS) is 11.4. The van der Waals surface area contributed by atoms with Crippen LogP contribution in [0.2, 0.25) is 0 Å². The summed E-state index contributed by atoms with van der Waals surface area (Å²) in [5, 5.41) is 31.9. The standard InChI is InChI=1S/C21H26N4O4/c1-6-22-21(28)19-18(15-7-8-25(23-15)12(4)5)20(29-24-19)14-9-13(11(2)3)16(26)10-17(14)27/h7-12,26-27H,6H2,1-5H3,(H,22,28). The topological polar surface area (TPSA) is 113 Å². The molecule has 3 rings (SSSR count). The molecule has 1 amide bonds. The molecule has 8 nitrogen and oxygen atoms in total. The zero-order valence-electron chi connectivity index (χ0n) is 17.2. The molecule has 0 atom stereocenters. The number of hydrogen-bond donors (Lipinski definition) is 3. The van der Waals surface area contributed by atoms with Gasteiger partial charge in [-0.15, -0.1) is 0 Å². The van der Waals surface area contributed by atoms with Gasteiger partial charge in [0.2, 0.25) is 0 Å². The first-order chi connectivity index (χ1) is 13.7. The molecule has 0 aliphatic rings. The molecule has 0 spiro atoms. The van der Waals surface area contributed by atoms with Crippen LogP contribution in [0.5, 0.6) is 11.5 Å². The largest absolute Gasteiger partial charge is 0.508 e. The van der Waals surface area contributed by atoms with E-state index in [0.717, 1.165) is 0 Å². The van der Waals surface area contributed by atoms with Crippen LogP contribution in [0, 0.1) is 0 Å². The highest BCUT2D eigenvalue weighted by molar-refractivity contribution is 6.02. The van der Waals surface area contributed by atoms with Gasteiger partial charge in [0.1, 0.15) is 11.5 Å². The van der Waals surface area contributed by atoms with E-state index < -0.39 is 0 Å². The Morgan fingerprint density at radius 2 is 1.93 bits per heavy atom. The number of aromatic hydroxyl groups is 2. The van der Waals surface area contributed by atoms with Gasteiger partial charge in [0, 0.05) is 24.8 Å². The predicted molar refractivity (Wildman–Crippen MR) is 109 cm³/mol. The molecule has 154 valence electrons. The Kier molecular flexibility index (Phi) is 5.63. The Labute approximate surface area is 169 Å². The van der Waals surface area contributed by atoms with Gasteiger partial charge >= 0.3 is 0 Å². The summed E-state index contributed by atoms with van der Waals surface area (Å²) in [4.78, 5) is 12.6. The van der Waals surface area contributed by atoms with Crippen LogP contribution >= 0.6 is 0 Å². The van der Waals surface area contributed by atoms with Crippen molar-refractivity contribution in [1.29, 1.82) is 0 Å². The quantitative estimate of drug-likeness (QED) is 0.577. The number of rotatable bonds is 6. The summed E-state index contributed by atoms with van der Waals surface area (Å²) in [6, 6.07) is 4.84. The van der Waals surface area contributed by atoms with Crippen molar-refractivity contribution in [2.24, 2.45) is 0 Å². The van der Waals surface area contributed by atoms with Crippen LogP contribution in [0.3, 0.4) is 0 Å². The molecule has 0 saturated heterocycles. The van der Waals surface area contributed by atoms with Crippen LogP contribution in [0.1, 0.15) is 62.6 Å². The third-order valence-corrected chi connectivity index (χ3v) is 4.65. The second-order valence-electron chi connectivity index (χ2n) is 7.45. The van der Waals surface area contributed by atoms with Gasteiger partial charge in [0.05, 0.1) is 16.8 Å². The van der Waals surface area contributed by atoms with Gasteiger partial charge in [0.15, 0.2) is 11.5 Å². The van der Waals surface area contributed by atoms with Crippen molar-refractivity contribution in [3.05, 3.63) is 35.7 Å². The molecule has 0 fully saturated rings. The molecule has 0 radical (unpaired) electrons. The highest BCUT2D eigenvalue weighted by Crippen LogP contribution is 2.42. The summed E-state index contributed by atoms with van der Waals surface area (Å²) in [6.45, 7) is 10.1. The third-order valence-electron chi connectivity index (χ3n) is 4.65. The summed E-state index contributed by atoms with van der Waals surface area (Å²) in [5.41, 5.74) is 1.98. The predicted octanol–water partition coefficient (Wildman–Crippen LogP) is 4.07. The minimum atomic E-state index is -0.390. The Morgan fingerprint density at radius 3 is 2.52 bits per heavy atom. The number of hydrogen-bond acceptors (Lipinski definition) is 6. The van der Waals surface area contributed by atoms with Crippen molar-refractivity contribution in [3.63, 3.8) is 0 Å². The van der Waals surface area contributed by atoms with Crippen LogP contribution in [0.15, 0.2) is 28.9 Å². The lowest BCUT2D eigenvalue weighted by Gasteiger charge is -2.12. The van der Waals surface area contributed by atoms with Gasteiger partial charge in [0.25, 0.3) is 5.91 Å². The Hall–Kier alpha value is -3.29. The maximum absolute atomic E-state index is 12.6. The van der Waals surface area contributed by atoms with E-state index in [2.05, 4.69) is 15.6 Å². The second kappa shape index (κ2) is 7.98. The van der Waals surface area contributed by atoms with Crippen molar-refractivity contribution < 1.29 is 19.5 Å². The molecule has 2 heterocycles. The fraction of sp³-hybridized carbons (Fsp3) is 0.381. The number of amides is 1. The molecule has 3 N–H and O–H groups in total. The van der Waals surface area contributed by atoms with Gasteiger partial charge in [-0.2, -0.15) is 5.10 Å². The van der Waals surface area contributed by atoms with Crippen LogP contribution in [-0.4, -0.2) is 37.6 Å². The Balaban J connectivity index is 2.25. The van der Waals surface area contributed by atoms with Crippen LogP contribution in [-0.2, 0) is 0 Å². The third kappa shape index (κ3) is 3.83. The molecule has 0 unspecified atom stereocenters. The Bertz CT molecular complexity index is 1030. The van der Waals surface area contributed by atoms with E-state index in [1.54, 1.807) is 16.8 Å². The lowest BCUT2D eigenvalue weighted by molar-refractivity contribution is 0.0947. The highest BCUT2D eigenvalue weighted by atomic mass is 16.5. The number of nitrogens with zero attached hydrogens (tertiary/aromatic N) is 3. The van der Waals surface area contributed by atoms with E-state index in [1.165, 1.54) is 6.07 Å². The van der Waals surface area contributed by atoms with E-state index in [0.29, 0.717) is 28.9 Å². The zero-order chi connectivity index (χ0) is 21.3. The van der Waals surface area contributed by atoms with Gasteiger partial charge in [-0.1, -0.05) is 19.0 Å². The van der Waals surface area contributed by atoms with E-state index in [1.807, 2.05) is 40.8 Å². The average molecular weight is 398 g/mol. The van der Waals surface area contributed by atoms with Crippen molar-refractivity contribution in [3.8, 4) is 34.1 Å². The van der Waals surface area contributed by atoms with Crippen molar-refractivity contribution >= 4 is 5.91 Å². The maximum Gasteiger partial charge on any atom is 0.274 e. The maximum atomic E-state index is 12.6. The lowest BCUT2D eigenvalue weighted by Crippen LogP contribution is -2.23. The van der Waals surface area contributed by atoms with E-state index in [9.17, 15) is 15.0 Å². The number of benzene rings is 1. The molecule has 0 aliphatic heterocycles. The zero-order valence-corrected chi connectivity index (χ0v) is 17.2. The minimum absolute atomic E-state index is 0.00431. The van der Waals surface area contributed by atoms with Crippen molar-refractivity contribution in [2.75, 3.05) is 6.54 Å². The Morgan fingerprint density at radius 1 is 1.21 bits per heavy atom. The van der Waals surface area contributed by atoms with Crippen molar-refractivity contribution in [2.45, 2.75) is 46.6 Å². The summed E-state index contributed by atoms with van der Waals surface area (Å²) in [6.07, 6.45) is 1.81. The van der Waals surface area contributed by atoms with Gasteiger partial charge in [-0.3, -0.25) is 9.48 Å². The molecule has 1 aromatic carbocycles. The smallest absolute Gasteiger partial charge is 0.274 e. The highest BCUT2D eigenvalue weighted by Gasteiger charge is 2.28. The average Bonchev–Trinajstić information content (AvgIpc) is 3.28. The molecular weight excluding hydrogens is 372 g/mol. The first-order valence-corrected chi connectivity index (χ1v) is 9.64. The van der Waals surface area contributed by atoms with E-state index in [-0.39, 0.29) is 40.8 Å². The molecular formula is C21H26N4O4. The summed E-state index contributed by atoms with van der Waals surface area (Å²) in [5.74, 6) is -0.326. The lowest BCUT2D eigenvalue weighted by atomic mass is 9.95. The number of carbonyl (C=O) groups excluding carboxylic acids is 1. The van der Waals surface area contributed by atoms with Crippen molar-refractivity contribution in [1.82, 2.24) is 20.3 Å². The molecule has 3 aromatic rings. The molecule has 2 aromatic heterocycles. The summed E-state index contributed by atoms with van der Waals surface area (Å²) < 4.78 is 7.29. The summed E-state index contributed by atoms with van der Waals surface area (Å²) >= 11 is 0. The number of nitrogens with one attached hydrogen (secondary N) is 1. The van der Waals surface area contributed by atoms with Gasteiger partial charge in [-0.05, 0) is 44.4 Å². The second-order valence-corrected chi connectivity index (χ2v) is 7.45. The molecule has 8 heteroatoms. The van der Waals surface area contributed by atoms with Crippen LogP contribution < -0.4 is 5.32 Å². The number of phenolic OH excluding ortho intramolecular Hbond substituents is 2. The fourth-order valence-corrected chi connectivity index (χ4v) is 3.11. The molecule has 29 heavy (non-hydrogen) atoms. The molecule has 0 saturated carbocycles. The van der Waals surface area contributed by atoms with E-state index in [4.69, 9.17) is 4.52 Å². The fourth-order valence-electron chi connectivity index (χ4n) is 3.11.